The Labute approximate surface area is 204 Å². The lowest BCUT2D eigenvalue weighted by atomic mass is 10.0. The first-order valence-electron chi connectivity index (χ1n) is 11.4. The van der Waals surface area contributed by atoms with Crippen LogP contribution in [0, 0.1) is 12.7 Å². The van der Waals surface area contributed by atoms with Crippen molar-refractivity contribution in [3.63, 3.8) is 0 Å². The van der Waals surface area contributed by atoms with Crippen LogP contribution in [-0.4, -0.2) is 4.57 Å². The number of nitrogens with zero attached hydrogens (tertiary/aromatic N) is 2. The molecule has 0 radical (unpaired) electrons. The second-order valence-electron chi connectivity index (χ2n) is 8.46. The number of hydrogen-bond donors (Lipinski definition) is 0. The van der Waals surface area contributed by atoms with Gasteiger partial charge in [-0.1, -0.05) is 59.6 Å². The normalized spacial score (nSPS) is 11.0. The van der Waals surface area contributed by atoms with Gasteiger partial charge in [0, 0.05) is 22.6 Å². The lowest BCUT2D eigenvalue weighted by molar-refractivity contribution is -0.685. The molecule has 0 fully saturated rings. The number of rotatable bonds is 6. The maximum Gasteiger partial charge on any atom is 0.250 e. The summed E-state index contributed by atoms with van der Waals surface area (Å²) < 4.78 is 18.3. The van der Waals surface area contributed by atoms with Crippen molar-refractivity contribution in [2.45, 2.75) is 19.9 Å². The van der Waals surface area contributed by atoms with E-state index in [2.05, 4.69) is 70.9 Å². The first-order valence-corrected chi connectivity index (χ1v) is 11.7. The van der Waals surface area contributed by atoms with Crippen LogP contribution in [0.3, 0.4) is 0 Å². The summed E-state index contributed by atoms with van der Waals surface area (Å²) in [5.41, 5.74) is 7.64. The molecule has 0 aliphatic carbocycles. The van der Waals surface area contributed by atoms with Crippen LogP contribution in [0.15, 0.2) is 109 Å². The van der Waals surface area contributed by atoms with Crippen molar-refractivity contribution in [1.82, 2.24) is 4.57 Å². The number of benzene rings is 4. The summed E-state index contributed by atoms with van der Waals surface area (Å²) >= 11 is 6.22. The molecule has 1 heterocycles. The summed E-state index contributed by atoms with van der Waals surface area (Å²) in [6, 6.07) is 33.6. The SMILES string of the molecule is Cc1ccc(-n2[13cH][n+](CCc3ccccc3)c(-c3ccc(F)cc3)c2-c2ccc(Cl)cc2)cc1. The predicted molar refractivity (Wildman–Crippen MR) is 137 cm³/mol. The number of aromatic nitrogens is 2. The molecule has 0 aliphatic heterocycles. The molecule has 1 aromatic heterocycles. The average molecular weight is 469 g/mol. The molecule has 5 rings (SSSR count). The van der Waals surface area contributed by atoms with Gasteiger partial charge in [0.2, 0.25) is 6.33 Å². The third-order valence-electron chi connectivity index (χ3n) is 6.04. The largest absolute Gasteiger partial charge is 0.250 e. The molecule has 0 N–H and O–H groups in total. The van der Waals surface area contributed by atoms with Crippen molar-refractivity contribution >= 4 is 11.6 Å². The number of hydrogen-bond acceptors (Lipinski definition) is 0. The highest BCUT2D eigenvalue weighted by Gasteiger charge is 2.27. The Hall–Kier alpha value is -3.69. The molecular weight excluding hydrogens is 444 g/mol. The van der Waals surface area contributed by atoms with Gasteiger partial charge in [-0.25, -0.2) is 8.96 Å². The van der Waals surface area contributed by atoms with E-state index in [-0.39, 0.29) is 5.82 Å². The topological polar surface area (TPSA) is 8.81 Å². The third kappa shape index (κ3) is 4.66. The van der Waals surface area contributed by atoms with Crippen molar-refractivity contribution in [3.8, 4) is 28.2 Å². The monoisotopic (exact) mass is 468 g/mol. The van der Waals surface area contributed by atoms with Gasteiger partial charge in [0.1, 0.15) is 11.5 Å². The van der Waals surface area contributed by atoms with Gasteiger partial charge in [-0.2, -0.15) is 4.57 Å². The lowest BCUT2D eigenvalue weighted by Gasteiger charge is -2.07. The maximum atomic E-state index is 13.8. The van der Waals surface area contributed by atoms with Crippen molar-refractivity contribution < 1.29 is 8.96 Å². The molecule has 0 amide bonds. The Morgan fingerprint density at radius 1 is 0.765 bits per heavy atom. The van der Waals surface area contributed by atoms with E-state index in [0.29, 0.717) is 5.02 Å². The molecule has 0 saturated heterocycles. The minimum atomic E-state index is -0.245. The molecule has 0 aliphatic rings. The summed E-state index contributed by atoms with van der Waals surface area (Å²) in [5, 5.41) is 0.692. The van der Waals surface area contributed by atoms with Crippen molar-refractivity contribution in [1.29, 1.82) is 0 Å². The van der Waals surface area contributed by atoms with E-state index in [4.69, 9.17) is 11.6 Å². The van der Waals surface area contributed by atoms with E-state index in [1.807, 2.05) is 42.5 Å². The Morgan fingerprint density at radius 3 is 2.09 bits per heavy atom. The first kappa shape index (κ1) is 22.1. The first-order chi connectivity index (χ1) is 16.6. The van der Waals surface area contributed by atoms with Crippen LogP contribution in [-0.2, 0) is 13.0 Å². The fourth-order valence-electron chi connectivity index (χ4n) is 4.26. The van der Waals surface area contributed by atoms with Gasteiger partial charge in [0.05, 0.1) is 6.54 Å². The number of aryl methyl sites for hydroxylation is 3. The van der Waals surface area contributed by atoms with Crippen LogP contribution in [0.2, 0.25) is 5.02 Å². The summed E-state index contributed by atoms with van der Waals surface area (Å²) in [6.45, 7) is 2.87. The van der Waals surface area contributed by atoms with Gasteiger partial charge < -0.3 is 0 Å². The van der Waals surface area contributed by atoms with Crippen LogP contribution in [0.1, 0.15) is 11.1 Å². The van der Waals surface area contributed by atoms with E-state index < -0.39 is 0 Å². The van der Waals surface area contributed by atoms with Crippen molar-refractivity contribution in [3.05, 3.63) is 131 Å². The highest BCUT2D eigenvalue weighted by Crippen LogP contribution is 2.33. The van der Waals surface area contributed by atoms with Crippen LogP contribution in [0.4, 0.5) is 4.39 Å². The second-order valence-corrected chi connectivity index (χ2v) is 8.90. The number of halogens is 2. The molecule has 2 nitrogen and oxygen atoms in total. The molecule has 0 unspecified atom stereocenters. The van der Waals surface area contributed by atoms with Crippen LogP contribution >= 0.6 is 11.6 Å². The second kappa shape index (κ2) is 9.66. The van der Waals surface area contributed by atoms with Crippen molar-refractivity contribution in [2.24, 2.45) is 0 Å². The minimum Gasteiger partial charge on any atom is -0.229 e. The molecular formula is C30H25ClFN2+. The molecule has 4 heteroatoms. The fourth-order valence-corrected chi connectivity index (χ4v) is 4.39. The molecule has 0 spiro atoms. The Bertz CT molecular complexity index is 1390. The third-order valence-corrected chi connectivity index (χ3v) is 6.29. The fraction of sp³-hybridized carbons (Fsp3) is 0.100. The minimum absolute atomic E-state index is 0.245. The zero-order chi connectivity index (χ0) is 23.5. The highest BCUT2D eigenvalue weighted by atomic mass is 35.5. The van der Waals surface area contributed by atoms with Crippen LogP contribution < -0.4 is 4.57 Å². The molecule has 4 aromatic carbocycles. The predicted octanol–water partition coefficient (Wildman–Crippen LogP) is 7.44. The highest BCUT2D eigenvalue weighted by molar-refractivity contribution is 6.30. The summed E-state index contributed by atoms with van der Waals surface area (Å²) in [5.74, 6) is -0.245. The molecule has 168 valence electrons. The number of imidazole rings is 1. The van der Waals surface area contributed by atoms with Gasteiger partial charge in [-0.15, -0.1) is 0 Å². The summed E-state index contributed by atoms with van der Waals surface area (Å²) in [7, 11) is 0. The van der Waals surface area contributed by atoms with E-state index in [9.17, 15) is 4.39 Å². The summed E-state index contributed by atoms with van der Waals surface area (Å²) in [6.07, 6.45) is 3.04. The molecule has 0 saturated carbocycles. The van der Waals surface area contributed by atoms with E-state index in [0.717, 1.165) is 41.2 Å². The maximum absolute atomic E-state index is 13.8. The Kier molecular flexibility index (Phi) is 6.29. The van der Waals surface area contributed by atoms with Crippen LogP contribution in [0.25, 0.3) is 28.2 Å². The Balaban J connectivity index is 1.72. The van der Waals surface area contributed by atoms with Gasteiger partial charge in [-0.05, 0) is 73.2 Å². The smallest absolute Gasteiger partial charge is 0.229 e. The van der Waals surface area contributed by atoms with Gasteiger partial charge in [-0.3, -0.25) is 0 Å². The molecule has 5 aromatic rings. The molecule has 0 atom stereocenters. The molecule has 0 bridgehead atoms. The van der Waals surface area contributed by atoms with Gasteiger partial charge in [0.25, 0.3) is 0 Å². The van der Waals surface area contributed by atoms with Gasteiger partial charge in [0.15, 0.2) is 11.4 Å². The standard InChI is InChI=1S/C30H25ClFN2/c1-22-7-17-28(18-8-22)34-21-33(20-19-23-5-3-2-4-6-23)29(24-11-15-27(32)16-12-24)30(34)25-9-13-26(31)14-10-25/h2-18,21H,19-20H2,1H3/q+1/i21+1. The zero-order valence-corrected chi connectivity index (χ0v) is 19.7. The lowest BCUT2D eigenvalue weighted by Crippen LogP contribution is -2.35. The summed E-state index contributed by atoms with van der Waals surface area (Å²) in [4.78, 5) is 0. The Morgan fingerprint density at radius 2 is 1.41 bits per heavy atom. The quantitative estimate of drug-likeness (QED) is 0.229. The van der Waals surface area contributed by atoms with E-state index in [1.54, 1.807) is 0 Å². The van der Waals surface area contributed by atoms with E-state index >= 15 is 0 Å². The van der Waals surface area contributed by atoms with E-state index in [1.165, 1.54) is 23.3 Å². The van der Waals surface area contributed by atoms with Crippen LogP contribution in [0.5, 0.6) is 0 Å². The zero-order valence-electron chi connectivity index (χ0n) is 19.0. The average Bonchev–Trinajstić information content (AvgIpc) is 3.24. The van der Waals surface area contributed by atoms with Crippen molar-refractivity contribution in [2.75, 3.05) is 0 Å². The molecule has 34 heavy (non-hydrogen) atoms. The van der Waals surface area contributed by atoms with Gasteiger partial charge >= 0.3 is 0 Å².